The second kappa shape index (κ2) is 5.03. The standard InChI is InChI=1S/C19H27Si/c1-14(2)20(7,18-11-9-8-10-12-18)19(6)13-15(3)16(4)17(19)5/h8-12,14H,1-7H3. The molecule has 1 heteroatoms. The average molecular weight is 284 g/mol. The molecule has 1 aliphatic carbocycles. The molecule has 0 fully saturated rings. The fourth-order valence-electron chi connectivity index (χ4n) is 3.72. The van der Waals surface area contributed by atoms with Gasteiger partial charge in [0.2, 0.25) is 0 Å². The maximum atomic E-state index is 3.85. The minimum atomic E-state index is -1.73. The number of rotatable bonds is 3. The summed E-state index contributed by atoms with van der Waals surface area (Å²) in [6.45, 7) is 16.5. The lowest BCUT2D eigenvalue weighted by atomic mass is 10.0. The van der Waals surface area contributed by atoms with Gasteiger partial charge in [-0.3, -0.25) is 0 Å². The molecule has 0 saturated heterocycles. The number of allylic oxidation sites excluding steroid dienone is 4. The maximum Gasteiger partial charge on any atom is 0.101 e. The van der Waals surface area contributed by atoms with Crippen LogP contribution in [0.5, 0.6) is 0 Å². The summed E-state index contributed by atoms with van der Waals surface area (Å²) in [4.78, 5) is 0. The highest BCUT2D eigenvalue weighted by Crippen LogP contribution is 2.55. The normalized spacial score (nSPS) is 25.9. The minimum absolute atomic E-state index is 0.108. The Hall–Kier alpha value is -1.08. The Bertz CT molecular complexity index is 565. The molecule has 1 radical (unpaired) electrons. The van der Waals surface area contributed by atoms with E-state index in [1.165, 1.54) is 16.7 Å². The van der Waals surface area contributed by atoms with Crippen LogP contribution in [0.1, 0.15) is 41.5 Å². The summed E-state index contributed by atoms with van der Waals surface area (Å²) in [7, 11) is -1.73. The van der Waals surface area contributed by atoms with Crippen molar-refractivity contribution >= 4 is 13.3 Å². The first-order chi connectivity index (χ1) is 9.25. The number of hydrogen-bond acceptors (Lipinski definition) is 0. The summed E-state index contributed by atoms with van der Waals surface area (Å²) in [5.41, 5.74) is 5.00. The third-order valence-electron chi connectivity index (χ3n) is 5.88. The first-order valence-electron chi connectivity index (χ1n) is 7.60. The fourth-order valence-corrected chi connectivity index (χ4v) is 8.42. The van der Waals surface area contributed by atoms with Gasteiger partial charge in [0, 0.05) is 5.04 Å². The summed E-state index contributed by atoms with van der Waals surface area (Å²) in [6, 6.07) is 11.1. The molecule has 2 rings (SSSR count). The minimum Gasteiger partial charge on any atom is -0.0648 e. The Kier molecular flexibility index (Phi) is 3.85. The van der Waals surface area contributed by atoms with Crippen molar-refractivity contribution in [3.05, 3.63) is 53.1 Å². The van der Waals surface area contributed by atoms with Crippen LogP contribution in [0, 0.1) is 6.08 Å². The average Bonchev–Trinajstić information content (AvgIpc) is 2.63. The van der Waals surface area contributed by atoms with Crippen molar-refractivity contribution in [3.63, 3.8) is 0 Å². The van der Waals surface area contributed by atoms with E-state index < -0.39 is 8.07 Å². The summed E-state index contributed by atoms with van der Waals surface area (Å²) >= 11 is 0. The van der Waals surface area contributed by atoms with Gasteiger partial charge in [0.1, 0.15) is 8.07 Å². The van der Waals surface area contributed by atoms with Crippen LogP contribution in [0.4, 0.5) is 0 Å². The highest BCUT2D eigenvalue weighted by atomic mass is 28.3. The first kappa shape index (κ1) is 15.3. The molecule has 2 unspecified atom stereocenters. The maximum absolute atomic E-state index is 3.85. The van der Waals surface area contributed by atoms with E-state index in [1.54, 1.807) is 5.19 Å². The van der Waals surface area contributed by atoms with E-state index in [1.807, 2.05) is 0 Å². The number of benzene rings is 1. The van der Waals surface area contributed by atoms with Crippen molar-refractivity contribution < 1.29 is 0 Å². The molecule has 0 bridgehead atoms. The van der Waals surface area contributed by atoms with Crippen LogP contribution >= 0.6 is 0 Å². The molecule has 107 valence electrons. The topological polar surface area (TPSA) is 0 Å². The molecule has 0 nitrogen and oxygen atoms in total. The van der Waals surface area contributed by atoms with Gasteiger partial charge < -0.3 is 0 Å². The predicted octanol–water partition coefficient (Wildman–Crippen LogP) is 5.24. The van der Waals surface area contributed by atoms with Crippen LogP contribution in [-0.4, -0.2) is 8.07 Å². The molecular formula is C19H27Si. The van der Waals surface area contributed by atoms with Gasteiger partial charge >= 0.3 is 0 Å². The second-order valence-corrected chi connectivity index (χ2v) is 12.0. The van der Waals surface area contributed by atoms with Crippen molar-refractivity contribution in [1.82, 2.24) is 0 Å². The molecule has 20 heavy (non-hydrogen) atoms. The Labute approximate surface area is 125 Å². The monoisotopic (exact) mass is 283 g/mol. The van der Waals surface area contributed by atoms with Crippen LogP contribution in [0.15, 0.2) is 47.1 Å². The summed E-state index contributed by atoms with van der Waals surface area (Å²) in [5.74, 6) is 0. The molecule has 1 aromatic carbocycles. The van der Waals surface area contributed by atoms with E-state index in [0.29, 0.717) is 5.54 Å². The second-order valence-electron chi connectivity index (χ2n) is 6.85. The Morgan fingerprint density at radius 2 is 1.60 bits per heavy atom. The smallest absolute Gasteiger partial charge is 0.0648 e. The molecule has 0 aromatic heterocycles. The summed E-state index contributed by atoms with van der Waals surface area (Å²) < 4.78 is 0. The van der Waals surface area contributed by atoms with Gasteiger partial charge in [-0.1, -0.05) is 68.4 Å². The lowest BCUT2D eigenvalue weighted by molar-refractivity contribution is 0.794. The number of hydrogen-bond donors (Lipinski definition) is 0. The van der Waals surface area contributed by atoms with Crippen molar-refractivity contribution in [2.24, 2.45) is 0 Å². The van der Waals surface area contributed by atoms with Crippen molar-refractivity contribution in [1.29, 1.82) is 0 Å². The highest BCUT2D eigenvalue weighted by molar-refractivity contribution is 6.95. The van der Waals surface area contributed by atoms with Crippen LogP contribution in [0.3, 0.4) is 0 Å². The van der Waals surface area contributed by atoms with Gasteiger partial charge in [-0.2, -0.15) is 0 Å². The molecule has 1 aliphatic rings. The van der Waals surface area contributed by atoms with Gasteiger partial charge in [-0.25, -0.2) is 0 Å². The van der Waals surface area contributed by atoms with E-state index in [9.17, 15) is 0 Å². The van der Waals surface area contributed by atoms with Gasteiger partial charge in [-0.05, 0) is 43.5 Å². The first-order valence-corrected chi connectivity index (χ1v) is 10.2. The summed E-state index contributed by atoms with van der Waals surface area (Å²) in [5, 5.41) is 1.66. The largest absolute Gasteiger partial charge is 0.101 e. The molecule has 0 heterocycles. The molecule has 1 aromatic rings. The van der Waals surface area contributed by atoms with Crippen molar-refractivity contribution in [2.45, 2.75) is 58.7 Å². The molecule has 0 amide bonds. The quantitative estimate of drug-likeness (QED) is 0.665. The Balaban J connectivity index is 2.68. The molecule has 0 saturated carbocycles. The lowest BCUT2D eigenvalue weighted by Crippen LogP contribution is -2.56. The zero-order chi connectivity index (χ0) is 15.1. The molecule has 0 N–H and O–H groups in total. The van der Waals surface area contributed by atoms with Gasteiger partial charge in [0.25, 0.3) is 0 Å². The fraction of sp³-hybridized carbons (Fsp3) is 0.474. The van der Waals surface area contributed by atoms with Gasteiger partial charge in [-0.15, -0.1) is 0 Å². The molecule has 0 aliphatic heterocycles. The van der Waals surface area contributed by atoms with Crippen LogP contribution in [0.25, 0.3) is 0 Å². The zero-order valence-corrected chi connectivity index (χ0v) is 15.0. The van der Waals surface area contributed by atoms with Crippen LogP contribution < -0.4 is 5.19 Å². The molecule has 2 atom stereocenters. The highest BCUT2D eigenvalue weighted by Gasteiger charge is 2.52. The van der Waals surface area contributed by atoms with Crippen molar-refractivity contribution in [3.8, 4) is 0 Å². The SMILES string of the molecule is CC1=[C]C(C)([Si](C)(c2ccccc2)C(C)C)C(C)=C1C. The third kappa shape index (κ3) is 1.95. The third-order valence-corrected chi connectivity index (χ3v) is 12.3. The lowest BCUT2D eigenvalue weighted by Gasteiger charge is -2.46. The van der Waals surface area contributed by atoms with E-state index in [-0.39, 0.29) is 5.04 Å². The van der Waals surface area contributed by atoms with E-state index in [2.05, 4.69) is 84.5 Å². The van der Waals surface area contributed by atoms with E-state index in [4.69, 9.17) is 0 Å². The van der Waals surface area contributed by atoms with E-state index >= 15 is 0 Å². The van der Waals surface area contributed by atoms with Gasteiger partial charge in [0.15, 0.2) is 0 Å². The van der Waals surface area contributed by atoms with Crippen LogP contribution in [0.2, 0.25) is 17.1 Å². The summed E-state index contributed by atoms with van der Waals surface area (Å²) in [6.07, 6.45) is 3.85. The van der Waals surface area contributed by atoms with E-state index in [0.717, 1.165) is 0 Å². The molecular weight excluding hydrogens is 256 g/mol. The molecule has 0 spiro atoms. The Morgan fingerprint density at radius 1 is 1.05 bits per heavy atom. The Morgan fingerprint density at radius 3 is 2.00 bits per heavy atom. The van der Waals surface area contributed by atoms with Crippen molar-refractivity contribution in [2.75, 3.05) is 0 Å². The predicted molar refractivity (Wildman–Crippen MR) is 92.0 cm³/mol. The van der Waals surface area contributed by atoms with Crippen LogP contribution in [-0.2, 0) is 0 Å². The van der Waals surface area contributed by atoms with Gasteiger partial charge in [0.05, 0.1) is 0 Å². The zero-order valence-electron chi connectivity index (χ0n) is 14.0.